The molecule has 0 aromatic heterocycles. The Bertz CT molecular complexity index is 380. The van der Waals surface area contributed by atoms with E-state index in [1.165, 1.54) is 0 Å². The van der Waals surface area contributed by atoms with E-state index in [2.05, 4.69) is 0 Å². The number of ether oxygens (including phenoxy) is 1. The molecule has 0 aliphatic heterocycles. The first-order valence-electron chi connectivity index (χ1n) is 5.65. The molecule has 0 heterocycles. The Hall–Kier alpha value is -1.31. The summed E-state index contributed by atoms with van der Waals surface area (Å²) in [6.07, 6.45) is 0. The molecule has 0 amide bonds. The van der Waals surface area contributed by atoms with Gasteiger partial charge in [0.1, 0.15) is 11.5 Å². The number of hydrogen-bond acceptors (Lipinski definition) is 2. The van der Waals surface area contributed by atoms with E-state index in [4.69, 9.17) is 4.74 Å². The van der Waals surface area contributed by atoms with Gasteiger partial charge in [0, 0.05) is 11.8 Å². The summed E-state index contributed by atoms with van der Waals surface area (Å²) in [6.45, 7) is 7.82. The number of aryl methyl sites for hydroxylation is 1. The molecule has 0 fully saturated rings. The minimum absolute atomic E-state index is 0.0606. The number of Topliss-reactive ketones (excluding diaryl/α,β-unsaturated/α-hetero) is 1. The molecule has 2 nitrogen and oxygen atoms in total. The molecule has 0 aliphatic carbocycles. The molecule has 0 bridgehead atoms. The molecule has 1 rings (SSSR count). The second-order valence-electron chi connectivity index (χ2n) is 4.51. The van der Waals surface area contributed by atoms with Gasteiger partial charge < -0.3 is 4.74 Å². The molecule has 1 aromatic rings. The van der Waals surface area contributed by atoms with E-state index in [0.29, 0.717) is 0 Å². The van der Waals surface area contributed by atoms with Crippen molar-refractivity contribution in [2.24, 2.45) is 5.92 Å². The van der Waals surface area contributed by atoms with Crippen LogP contribution in [0.2, 0.25) is 0 Å². The summed E-state index contributed by atoms with van der Waals surface area (Å²) in [4.78, 5) is 11.9. The largest absolute Gasteiger partial charge is 0.496 e. The lowest BCUT2D eigenvalue weighted by Crippen LogP contribution is -2.15. The van der Waals surface area contributed by atoms with Gasteiger partial charge in [-0.2, -0.15) is 0 Å². The highest BCUT2D eigenvalue weighted by molar-refractivity contribution is 5.87. The van der Waals surface area contributed by atoms with Crippen LogP contribution in [-0.2, 0) is 4.79 Å². The molecule has 0 aliphatic rings. The zero-order valence-corrected chi connectivity index (χ0v) is 10.7. The first-order valence-corrected chi connectivity index (χ1v) is 5.65. The lowest BCUT2D eigenvalue weighted by atomic mass is 9.90. The summed E-state index contributed by atoms with van der Waals surface area (Å²) in [5, 5.41) is 0. The van der Waals surface area contributed by atoms with E-state index >= 15 is 0 Å². The molecule has 0 radical (unpaired) electrons. The molecule has 16 heavy (non-hydrogen) atoms. The zero-order chi connectivity index (χ0) is 12.3. The van der Waals surface area contributed by atoms with Crippen molar-refractivity contribution in [3.8, 4) is 5.75 Å². The van der Waals surface area contributed by atoms with Crippen molar-refractivity contribution < 1.29 is 9.53 Å². The summed E-state index contributed by atoms with van der Waals surface area (Å²) in [7, 11) is 1.65. The van der Waals surface area contributed by atoms with Crippen molar-refractivity contribution in [3.63, 3.8) is 0 Å². The molecule has 0 unspecified atom stereocenters. The highest BCUT2D eigenvalue weighted by Gasteiger charge is 2.18. The number of benzene rings is 1. The summed E-state index contributed by atoms with van der Waals surface area (Å²) < 4.78 is 5.26. The fourth-order valence-electron chi connectivity index (χ4n) is 1.77. The van der Waals surface area contributed by atoms with Crippen LogP contribution in [0, 0.1) is 12.8 Å². The van der Waals surface area contributed by atoms with E-state index < -0.39 is 0 Å². The smallest absolute Gasteiger partial charge is 0.142 e. The normalized spacial score (nSPS) is 12.6. The molecule has 0 saturated heterocycles. The SMILES string of the molecule is COc1cc([C@@H](C)C(=O)C(C)C)ccc1C. The third kappa shape index (κ3) is 2.63. The number of ketones is 1. The van der Waals surface area contributed by atoms with Gasteiger partial charge in [0.25, 0.3) is 0 Å². The van der Waals surface area contributed by atoms with Gasteiger partial charge >= 0.3 is 0 Å². The van der Waals surface area contributed by atoms with Gasteiger partial charge in [0.05, 0.1) is 7.11 Å². The van der Waals surface area contributed by atoms with Crippen molar-refractivity contribution in [3.05, 3.63) is 29.3 Å². The zero-order valence-electron chi connectivity index (χ0n) is 10.7. The average molecular weight is 220 g/mol. The maximum atomic E-state index is 11.9. The Morgan fingerprint density at radius 2 is 1.88 bits per heavy atom. The molecular weight excluding hydrogens is 200 g/mol. The van der Waals surface area contributed by atoms with Crippen molar-refractivity contribution in [1.82, 2.24) is 0 Å². The van der Waals surface area contributed by atoms with Gasteiger partial charge in [-0.1, -0.05) is 32.9 Å². The Kier molecular flexibility index (Phi) is 4.11. The second-order valence-corrected chi connectivity index (χ2v) is 4.51. The van der Waals surface area contributed by atoms with Gasteiger partial charge in [-0.25, -0.2) is 0 Å². The summed E-state index contributed by atoms with van der Waals surface area (Å²) in [5.41, 5.74) is 2.12. The fourth-order valence-corrected chi connectivity index (χ4v) is 1.77. The monoisotopic (exact) mass is 220 g/mol. The fraction of sp³-hybridized carbons (Fsp3) is 0.500. The van der Waals surface area contributed by atoms with Crippen LogP contribution < -0.4 is 4.74 Å². The van der Waals surface area contributed by atoms with Gasteiger partial charge in [-0.3, -0.25) is 4.79 Å². The summed E-state index contributed by atoms with van der Waals surface area (Å²) >= 11 is 0. The molecule has 88 valence electrons. The lowest BCUT2D eigenvalue weighted by molar-refractivity contribution is -0.123. The third-order valence-corrected chi connectivity index (χ3v) is 2.93. The van der Waals surface area contributed by atoms with Gasteiger partial charge in [0.2, 0.25) is 0 Å². The topological polar surface area (TPSA) is 26.3 Å². The number of methoxy groups -OCH3 is 1. The third-order valence-electron chi connectivity index (χ3n) is 2.93. The summed E-state index contributed by atoms with van der Waals surface area (Å²) in [6, 6.07) is 5.96. The van der Waals surface area contributed by atoms with Crippen LogP contribution in [-0.4, -0.2) is 12.9 Å². The van der Waals surface area contributed by atoms with Crippen molar-refractivity contribution in [2.45, 2.75) is 33.6 Å². The standard InChI is InChI=1S/C14H20O2/c1-9(2)14(15)11(4)12-7-6-10(3)13(8-12)16-5/h6-9,11H,1-5H3/t11-/m1/s1. The van der Waals surface area contributed by atoms with Gasteiger partial charge in [-0.05, 0) is 24.1 Å². The Morgan fingerprint density at radius 3 is 2.38 bits per heavy atom. The number of rotatable bonds is 4. The minimum atomic E-state index is -0.0606. The molecule has 2 heteroatoms. The van der Waals surface area contributed by atoms with Crippen LogP contribution in [0.5, 0.6) is 5.75 Å². The molecule has 1 atom stereocenters. The maximum absolute atomic E-state index is 11.9. The van der Waals surface area contributed by atoms with Crippen molar-refractivity contribution in [2.75, 3.05) is 7.11 Å². The van der Waals surface area contributed by atoms with Crippen LogP contribution >= 0.6 is 0 Å². The molecule has 0 spiro atoms. The van der Waals surface area contributed by atoms with Crippen LogP contribution in [0.1, 0.15) is 37.8 Å². The van der Waals surface area contributed by atoms with Crippen LogP contribution in [0.4, 0.5) is 0 Å². The maximum Gasteiger partial charge on any atom is 0.142 e. The number of hydrogen-bond donors (Lipinski definition) is 0. The van der Waals surface area contributed by atoms with Gasteiger partial charge in [-0.15, -0.1) is 0 Å². The van der Waals surface area contributed by atoms with E-state index in [1.807, 2.05) is 45.9 Å². The van der Waals surface area contributed by atoms with Crippen LogP contribution in [0.3, 0.4) is 0 Å². The first kappa shape index (κ1) is 12.8. The second kappa shape index (κ2) is 5.15. The highest BCUT2D eigenvalue weighted by atomic mass is 16.5. The summed E-state index contributed by atoms with van der Waals surface area (Å²) in [5.74, 6) is 1.13. The predicted molar refractivity (Wildman–Crippen MR) is 66.0 cm³/mol. The molecule has 0 saturated carbocycles. The molecular formula is C14H20O2. The first-order chi connectivity index (χ1) is 7.47. The predicted octanol–water partition coefficient (Wildman–Crippen LogP) is 3.33. The van der Waals surface area contributed by atoms with E-state index in [9.17, 15) is 4.79 Å². The number of carbonyl (C=O) groups excluding carboxylic acids is 1. The Labute approximate surface area is 97.6 Å². The van der Waals surface area contributed by atoms with Crippen molar-refractivity contribution >= 4 is 5.78 Å². The van der Waals surface area contributed by atoms with Crippen LogP contribution in [0.15, 0.2) is 18.2 Å². The van der Waals surface area contributed by atoms with E-state index in [-0.39, 0.29) is 17.6 Å². The lowest BCUT2D eigenvalue weighted by Gasteiger charge is -2.15. The number of carbonyl (C=O) groups is 1. The average Bonchev–Trinajstić information content (AvgIpc) is 2.27. The Morgan fingerprint density at radius 1 is 1.25 bits per heavy atom. The molecule has 1 aromatic carbocycles. The van der Waals surface area contributed by atoms with E-state index in [1.54, 1.807) is 7.11 Å². The van der Waals surface area contributed by atoms with Crippen LogP contribution in [0.25, 0.3) is 0 Å². The van der Waals surface area contributed by atoms with E-state index in [0.717, 1.165) is 16.9 Å². The molecule has 0 N–H and O–H groups in total. The highest BCUT2D eigenvalue weighted by Crippen LogP contribution is 2.26. The Balaban J connectivity index is 3.00. The quantitative estimate of drug-likeness (QED) is 0.778. The van der Waals surface area contributed by atoms with Gasteiger partial charge in [0.15, 0.2) is 0 Å². The minimum Gasteiger partial charge on any atom is -0.496 e. The van der Waals surface area contributed by atoms with Crippen molar-refractivity contribution in [1.29, 1.82) is 0 Å².